The minimum atomic E-state index is 0.707. The average Bonchev–Trinajstić information content (AvgIpc) is 2.05. The van der Waals surface area contributed by atoms with Gasteiger partial charge in [0.15, 0.2) is 0 Å². The molecule has 12 heavy (non-hydrogen) atoms. The Kier molecular flexibility index (Phi) is 2.11. The Morgan fingerprint density at radius 3 is 3.33 bits per heavy atom. The Bertz CT molecular complexity index is 247. The SMILES string of the molecule is CN1CCC2=C(C=N[C](S)N2)C1. The van der Waals surface area contributed by atoms with Crippen molar-refractivity contribution >= 4 is 18.8 Å². The number of thiol groups is 1. The minimum Gasteiger partial charge on any atom is -0.352 e. The van der Waals surface area contributed by atoms with Crippen molar-refractivity contribution in [2.45, 2.75) is 6.42 Å². The second-order valence-electron chi connectivity index (χ2n) is 3.20. The molecule has 0 spiro atoms. The summed E-state index contributed by atoms with van der Waals surface area (Å²) in [5.74, 6) is 0. The fraction of sp³-hybridized carbons (Fsp3) is 0.500. The van der Waals surface area contributed by atoms with Crippen molar-refractivity contribution in [2.24, 2.45) is 4.99 Å². The lowest BCUT2D eigenvalue weighted by molar-refractivity contribution is 0.348. The fourth-order valence-electron chi connectivity index (χ4n) is 1.50. The molecule has 0 saturated heterocycles. The van der Waals surface area contributed by atoms with E-state index in [-0.39, 0.29) is 0 Å². The highest BCUT2D eigenvalue weighted by atomic mass is 32.1. The van der Waals surface area contributed by atoms with Crippen molar-refractivity contribution in [3.63, 3.8) is 0 Å². The number of nitrogens with zero attached hydrogens (tertiary/aromatic N) is 2. The Balaban J connectivity index is 2.17. The van der Waals surface area contributed by atoms with Gasteiger partial charge >= 0.3 is 0 Å². The molecule has 1 N–H and O–H groups in total. The average molecular weight is 182 g/mol. The van der Waals surface area contributed by atoms with Crippen LogP contribution in [0.25, 0.3) is 0 Å². The molecular formula is C8H12N3S. The van der Waals surface area contributed by atoms with E-state index in [4.69, 9.17) is 0 Å². The van der Waals surface area contributed by atoms with Crippen LogP contribution in [0.2, 0.25) is 0 Å². The summed E-state index contributed by atoms with van der Waals surface area (Å²) < 4.78 is 0. The van der Waals surface area contributed by atoms with Gasteiger partial charge in [0.05, 0.1) is 0 Å². The largest absolute Gasteiger partial charge is 0.352 e. The molecular weight excluding hydrogens is 170 g/mol. The third-order valence-electron chi connectivity index (χ3n) is 2.18. The maximum atomic E-state index is 4.16. The molecule has 0 fully saturated rings. The van der Waals surface area contributed by atoms with Crippen LogP contribution in [0.5, 0.6) is 0 Å². The number of rotatable bonds is 0. The quantitative estimate of drug-likeness (QED) is 0.538. The van der Waals surface area contributed by atoms with Crippen molar-refractivity contribution in [2.75, 3.05) is 20.1 Å². The van der Waals surface area contributed by atoms with Crippen molar-refractivity contribution < 1.29 is 0 Å². The number of hydrogen-bond acceptors (Lipinski definition) is 4. The van der Waals surface area contributed by atoms with Crippen molar-refractivity contribution in [3.8, 4) is 0 Å². The molecule has 0 aromatic carbocycles. The molecule has 0 bridgehead atoms. The predicted molar refractivity (Wildman–Crippen MR) is 53.0 cm³/mol. The van der Waals surface area contributed by atoms with E-state index in [1.54, 1.807) is 0 Å². The van der Waals surface area contributed by atoms with Crippen LogP contribution in [0.1, 0.15) is 6.42 Å². The van der Waals surface area contributed by atoms with E-state index in [2.05, 4.69) is 34.9 Å². The van der Waals surface area contributed by atoms with Crippen LogP contribution < -0.4 is 5.32 Å². The zero-order valence-electron chi connectivity index (χ0n) is 7.04. The molecule has 3 nitrogen and oxygen atoms in total. The van der Waals surface area contributed by atoms with Gasteiger partial charge < -0.3 is 10.2 Å². The topological polar surface area (TPSA) is 27.6 Å². The maximum Gasteiger partial charge on any atom is 0.228 e. The summed E-state index contributed by atoms with van der Waals surface area (Å²) in [7, 11) is 2.12. The molecule has 65 valence electrons. The van der Waals surface area contributed by atoms with Gasteiger partial charge in [-0.15, -0.1) is 12.6 Å². The summed E-state index contributed by atoms with van der Waals surface area (Å²) in [6, 6.07) is 0. The van der Waals surface area contributed by atoms with Crippen LogP contribution in [0, 0.1) is 5.50 Å². The maximum absolute atomic E-state index is 4.16. The van der Waals surface area contributed by atoms with E-state index >= 15 is 0 Å². The van der Waals surface area contributed by atoms with Gasteiger partial charge in [-0.05, 0) is 7.05 Å². The van der Waals surface area contributed by atoms with Gasteiger partial charge in [-0.2, -0.15) is 0 Å². The van der Waals surface area contributed by atoms with E-state index in [0.29, 0.717) is 5.50 Å². The van der Waals surface area contributed by atoms with Crippen LogP contribution in [-0.2, 0) is 0 Å². The molecule has 4 heteroatoms. The minimum absolute atomic E-state index is 0.707. The van der Waals surface area contributed by atoms with Crippen molar-refractivity contribution in [1.29, 1.82) is 0 Å². The summed E-state index contributed by atoms with van der Waals surface area (Å²) in [5, 5.41) is 3.17. The molecule has 0 aromatic rings. The Labute approximate surface area is 78.0 Å². The fourth-order valence-corrected chi connectivity index (χ4v) is 1.69. The molecule has 0 aliphatic carbocycles. The molecule has 2 aliphatic heterocycles. The van der Waals surface area contributed by atoms with Crippen molar-refractivity contribution in [3.05, 3.63) is 16.8 Å². The zero-order chi connectivity index (χ0) is 8.55. The summed E-state index contributed by atoms with van der Waals surface area (Å²) in [5.41, 5.74) is 3.29. The summed E-state index contributed by atoms with van der Waals surface area (Å²) >= 11 is 4.16. The van der Waals surface area contributed by atoms with Gasteiger partial charge in [0.25, 0.3) is 0 Å². The Hall–Kier alpha value is -0.480. The molecule has 2 heterocycles. The van der Waals surface area contributed by atoms with Crippen LogP contribution in [0.15, 0.2) is 16.3 Å². The molecule has 2 aliphatic rings. The molecule has 0 saturated carbocycles. The molecule has 0 amide bonds. The van der Waals surface area contributed by atoms with E-state index in [0.717, 1.165) is 19.5 Å². The lowest BCUT2D eigenvalue weighted by Gasteiger charge is -2.29. The van der Waals surface area contributed by atoms with Gasteiger partial charge in [0, 0.05) is 37.0 Å². The molecule has 2 rings (SSSR count). The molecule has 0 unspecified atom stereocenters. The smallest absolute Gasteiger partial charge is 0.228 e. The number of hydrogen-bond donors (Lipinski definition) is 2. The predicted octanol–water partition coefficient (Wildman–Crippen LogP) is 0.627. The summed E-state index contributed by atoms with van der Waals surface area (Å²) in [6.45, 7) is 2.10. The second kappa shape index (κ2) is 3.11. The first kappa shape index (κ1) is 8.13. The standard InChI is InChI=1S/C8H12N3S/c1-11-3-2-7-6(5-11)4-9-8(12)10-7/h4,10,12H,2-3,5H2,1H3. The monoisotopic (exact) mass is 182 g/mol. The van der Waals surface area contributed by atoms with Gasteiger partial charge in [0.1, 0.15) is 0 Å². The molecule has 1 radical (unpaired) electrons. The van der Waals surface area contributed by atoms with E-state index in [1.165, 1.54) is 11.3 Å². The number of aliphatic imine (C=N–C) groups is 1. The van der Waals surface area contributed by atoms with Crippen molar-refractivity contribution in [1.82, 2.24) is 10.2 Å². The first-order chi connectivity index (χ1) is 5.75. The summed E-state index contributed by atoms with van der Waals surface area (Å²) in [6.07, 6.45) is 2.98. The molecule has 0 atom stereocenters. The van der Waals surface area contributed by atoms with Crippen LogP contribution in [0.3, 0.4) is 0 Å². The number of nitrogens with one attached hydrogen (secondary N) is 1. The van der Waals surface area contributed by atoms with E-state index in [1.807, 2.05) is 6.21 Å². The highest BCUT2D eigenvalue weighted by Gasteiger charge is 2.19. The van der Waals surface area contributed by atoms with Crippen LogP contribution in [-0.4, -0.2) is 31.3 Å². The molecule has 0 aromatic heterocycles. The third kappa shape index (κ3) is 1.49. The first-order valence-electron chi connectivity index (χ1n) is 4.03. The van der Waals surface area contributed by atoms with E-state index < -0.39 is 0 Å². The highest BCUT2D eigenvalue weighted by molar-refractivity contribution is 7.83. The zero-order valence-corrected chi connectivity index (χ0v) is 7.93. The lowest BCUT2D eigenvalue weighted by Crippen LogP contribution is -2.35. The van der Waals surface area contributed by atoms with Crippen LogP contribution >= 0.6 is 12.6 Å². The lowest BCUT2D eigenvalue weighted by atomic mass is 10.1. The Morgan fingerprint density at radius 2 is 2.50 bits per heavy atom. The first-order valence-corrected chi connectivity index (χ1v) is 4.48. The van der Waals surface area contributed by atoms with Gasteiger partial charge in [-0.25, -0.2) is 4.99 Å². The Morgan fingerprint density at radius 1 is 1.67 bits per heavy atom. The van der Waals surface area contributed by atoms with E-state index in [9.17, 15) is 0 Å². The van der Waals surface area contributed by atoms with Crippen LogP contribution in [0.4, 0.5) is 0 Å². The van der Waals surface area contributed by atoms with Gasteiger partial charge in [-0.1, -0.05) is 0 Å². The normalized spacial score (nSPS) is 25.5. The highest BCUT2D eigenvalue weighted by Crippen LogP contribution is 2.20. The number of likely N-dealkylation sites (N-methyl/N-ethyl adjacent to an activating group) is 1. The van der Waals surface area contributed by atoms with Gasteiger partial charge in [0.2, 0.25) is 5.50 Å². The summed E-state index contributed by atoms with van der Waals surface area (Å²) in [4.78, 5) is 6.40. The second-order valence-corrected chi connectivity index (χ2v) is 3.62. The van der Waals surface area contributed by atoms with Gasteiger partial charge in [-0.3, -0.25) is 0 Å². The third-order valence-corrected chi connectivity index (χ3v) is 2.40.